The fourth-order valence-corrected chi connectivity index (χ4v) is 1.99. The molecule has 1 unspecified atom stereocenters. The Morgan fingerprint density at radius 2 is 2.44 bits per heavy atom. The number of hydrogen-bond acceptors (Lipinski definition) is 4. The molecule has 1 aromatic heterocycles. The van der Waals surface area contributed by atoms with E-state index in [9.17, 15) is 4.79 Å². The molecule has 5 heteroatoms. The van der Waals surface area contributed by atoms with E-state index in [1.54, 1.807) is 6.07 Å². The maximum absolute atomic E-state index is 11.5. The Hall–Kier alpha value is -1.36. The Kier molecular flexibility index (Phi) is 3.24. The van der Waals surface area contributed by atoms with Crippen molar-refractivity contribution in [2.45, 2.75) is 26.3 Å². The summed E-state index contributed by atoms with van der Waals surface area (Å²) < 4.78 is 0. The van der Waals surface area contributed by atoms with Gasteiger partial charge in [-0.3, -0.25) is 4.79 Å². The Morgan fingerprint density at radius 3 is 3.12 bits per heavy atom. The van der Waals surface area contributed by atoms with Crippen molar-refractivity contribution in [2.75, 3.05) is 24.5 Å². The van der Waals surface area contributed by atoms with Gasteiger partial charge in [-0.2, -0.15) is 0 Å². The molecule has 1 aliphatic rings. The van der Waals surface area contributed by atoms with Gasteiger partial charge in [-0.15, -0.1) is 0 Å². The fourth-order valence-electron chi connectivity index (χ4n) is 1.99. The van der Waals surface area contributed by atoms with E-state index >= 15 is 0 Å². The van der Waals surface area contributed by atoms with Crippen LogP contribution >= 0.6 is 0 Å². The molecule has 0 bridgehead atoms. The number of anilines is 1. The molecule has 88 valence electrons. The number of aryl methyl sites for hydroxylation is 1. The van der Waals surface area contributed by atoms with Crippen LogP contribution in [0.25, 0.3) is 0 Å². The second kappa shape index (κ2) is 4.65. The van der Waals surface area contributed by atoms with Crippen LogP contribution in [0.1, 0.15) is 19.7 Å². The van der Waals surface area contributed by atoms with Crippen molar-refractivity contribution in [2.24, 2.45) is 0 Å². The van der Waals surface area contributed by atoms with Crippen LogP contribution in [0, 0.1) is 0 Å². The number of nitrogens with zero attached hydrogens (tertiary/aromatic N) is 2. The summed E-state index contributed by atoms with van der Waals surface area (Å²) in [7, 11) is 0. The van der Waals surface area contributed by atoms with E-state index in [-0.39, 0.29) is 5.56 Å². The van der Waals surface area contributed by atoms with Gasteiger partial charge in [-0.05, 0) is 6.92 Å². The Labute approximate surface area is 94.9 Å². The topological polar surface area (TPSA) is 61.0 Å². The van der Waals surface area contributed by atoms with Crippen molar-refractivity contribution in [3.63, 3.8) is 0 Å². The normalized spacial score (nSPS) is 21.1. The molecule has 2 N–H and O–H groups in total. The van der Waals surface area contributed by atoms with Gasteiger partial charge in [0, 0.05) is 38.2 Å². The Morgan fingerprint density at radius 1 is 1.62 bits per heavy atom. The quantitative estimate of drug-likeness (QED) is 0.746. The Bertz CT molecular complexity index is 415. The summed E-state index contributed by atoms with van der Waals surface area (Å²) in [6.45, 7) is 6.92. The maximum Gasteiger partial charge on any atom is 0.252 e. The zero-order valence-electron chi connectivity index (χ0n) is 9.79. The first kappa shape index (κ1) is 11.1. The number of aromatic nitrogens is 2. The van der Waals surface area contributed by atoms with Crippen LogP contribution in [-0.2, 0) is 6.42 Å². The SMILES string of the molecule is CCc1nc(N2CCNCC2C)cc(=O)[nH]1. The number of nitrogens with one attached hydrogen (secondary N) is 2. The predicted molar refractivity (Wildman–Crippen MR) is 63.9 cm³/mol. The highest BCUT2D eigenvalue weighted by Gasteiger charge is 2.19. The molecule has 5 nitrogen and oxygen atoms in total. The van der Waals surface area contributed by atoms with Gasteiger partial charge in [-0.25, -0.2) is 4.98 Å². The van der Waals surface area contributed by atoms with Crippen molar-refractivity contribution in [3.05, 3.63) is 22.2 Å². The minimum Gasteiger partial charge on any atom is -0.351 e. The van der Waals surface area contributed by atoms with Gasteiger partial charge in [0.05, 0.1) is 0 Å². The van der Waals surface area contributed by atoms with Crippen molar-refractivity contribution < 1.29 is 0 Å². The highest BCUT2D eigenvalue weighted by Crippen LogP contribution is 2.13. The van der Waals surface area contributed by atoms with Gasteiger partial charge in [0.15, 0.2) is 0 Å². The molecular formula is C11H18N4O. The average Bonchev–Trinajstić information content (AvgIpc) is 2.28. The first-order valence-electron chi connectivity index (χ1n) is 5.78. The lowest BCUT2D eigenvalue weighted by Gasteiger charge is -2.34. The van der Waals surface area contributed by atoms with Gasteiger partial charge in [-0.1, -0.05) is 6.92 Å². The van der Waals surface area contributed by atoms with Crippen molar-refractivity contribution in [3.8, 4) is 0 Å². The first-order chi connectivity index (χ1) is 7.70. The molecule has 0 saturated carbocycles. The molecule has 1 atom stereocenters. The lowest BCUT2D eigenvalue weighted by Crippen LogP contribution is -2.50. The largest absolute Gasteiger partial charge is 0.351 e. The number of H-pyrrole nitrogens is 1. The van der Waals surface area contributed by atoms with Crippen LogP contribution in [0.5, 0.6) is 0 Å². The number of aromatic amines is 1. The summed E-state index contributed by atoms with van der Waals surface area (Å²) in [5, 5.41) is 3.32. The molecule has 0 aliphatic carbocycles. The van der Waals surface area contributed by atoms with Crippen LogP contribution in [0.15, 0.2) is 10.9 Å². The first-order valence-corrected chi connectivity index (χ1v) is 5.78. The fraction of sp³-hybridized carbons (Fsp3) is 0.636. The lowest BCUT2D eigenvalue weighted by molar-refractivity contribution is 0.496. The molecular weight excluding hydrogens is 204 g/mol. The zero-order chi connectivity index (χ0) is 11.5. The van der Waals surface area contributed by atoms with Crippen molar-refractivity contribution >= 4 is 5.82 Å². The molecule has 2 heterocycles. The molecule has 1 saturated heterocycles. The summed E-state index contributed by atoms with van der Waals surface area (Å²) in [5.74, 6) is 1.56. The third-order valence-electron chi connectivity index (χ3n) is 2.91. The molecule has 1 aromatic rings. The molecule has 1 fully saturated rings. The molecule has 16 heavy (non-hydrogen) atoms. The predicted octanol–water partition coefficient (Wildman–Crippen LogP) is 0.130. The van der Waals surface area contributed by atoms with Crippen LogP contribution < -0.4 is 15.8 Å². The van der Waals surface area contributed by atoms with Crippen LogP contribution in [0.3, 0.4) is 0 Å². The average molecular weight is 222 g/mol. The summed E-state index contributed by atoms with van der Waals surface area (Å²) in [5.41, 5.74) is -0.0624. The molecule has 1 aliphatic heterocycles. The highest BCUT2D eigenvalue weighted by atomic mass is 16.1. The van der Waals surface area contributed by atoms with Gasteiger partial charge in [0.25, 0.3) is 5.56 Å². The molecule has 0 amide bonds. The van der Waals surface area contributed by atoms with Crippen molar-refractivity contribution in [1.29, 1.82) is 0 Å². The smallest absolute Gasteiger partial charge is 0.252 e. The number of rotatable bonds is 2. The van der Waals surface area contributed by atoms with Crippen LogP contribution in [-0.4, -0.2) is 35.6 Å². The summed E-state index contributed by atoms with van der Waals surface area (Å²) in [6.07, 6.45) is 0.754. The van der Waals surface area contributed by atoms with E-state index in [1.165, 1.54) is 0 Å². The molecule has 0 aromatic carbocycles. The van der Waals surface area contributed by atoms with E-state index in [0.29, 0.717) is 6.04 Å². The second-order valence-electron chi connectivity index (χ2n) is 4.15. The van der Waals surface area contributed by atoms with Crippen LogP contribution in [0.2, 0.25) is 0 Å². The molecule has 0 spiro atoms. The van der Waals surface area contributed by atoms with E-state index < -0.39 is 0 Å². The minimum absolute atomic E-state index is 0.0624. The highest BCUT2D eigenvalue weighted by molar-refractivity contribution is 5.39. The second-order valence-corrected chi connectivity index (χ2v) is 4.15. The van der Waals surface area contributed by atoms with Crippen molar-refractivity contribution in [1.82, 2.24) is 15.3 Å². The van der Waals surface area contributed by atoms with E-state index in [0.717, 1.165) is 37.7 Å². The van der Waals surface area contributed by atoms with E-state index in [1.807, 2.05) is 6.92 Å². The van der Waals surface area contributed by atoms with Gasteiger partial charge >= 0.3 is 0 Å². The van der Waals surface area contributed by atoms with Gasteiger partial charge in [0.2, 0.25) is 0 Å². The minimum atomic E-state index is -0.0624. The Balaban J connectivity index is 2.31. The summed E-state index contributed by atoms with van der Waals surface area (Å²) >= 11 is 0. The monoisotopic (exact) mass is 222 g/mol. The summed E-state index contributed by atoms with van der Waals surface area (Å²) in [6, 6.07) is 1.97. The zero-order valence-corrected chi connectivity index (χ0v) is 9.79. The summed E-state index contributed by atoms with van der Waals surface area (Å²) in [4.78, 5) is 20.9. The molecule has 0 radical (unpaired) electrons. The lowest BCUT2D eigenvalue weighted by atomic mass is 10.2. The standard InChI is InChI=1S/C11H18N4O/c1-3-9-13-10(6-11(16)14-9)15-5-4-12-7-8(15)2/h6,8,12H,3-5,7H2,1-2H3,(H,13,14,16). The van der Waals surface area contributed by atoms with E-state index in [4.69, 9.17) is 0 Å². The maximum atomic E-state index is 11.5. The van der Waals surface area contributed by atoms with Gasteiger partial charge < -0.3 is 15.2 Å². The number of hydrogen-bond donors (Lipinski definition) is 2. The van der Waals surface area contributed by atoms with E-state index in [2.05, 4.69) is 27.1 Å². The molecule has 2 rings (SSSR count). The number of piperazine rings is 1. The van der Waals surface area contributed by atoms with Crippen LogP contribution in [0.4, 0.5) is 5.82 Å². The van der Waals surface area contributed by atoms with Gasteiger partial charge in [0.1, 0.15) is 11.6 Å². The third kappa shape index (κ3) is 2.24. The third-order valence-corrected chi connectivity index (χ3v) is 2.91.